The third-order valence-corrected chi connectivity index (χ3v) is 4.34. The highest BCUT2D eigenvalue weighted by atomic mass is 16.2. The second-order valence-corrected chi connectivity index (χ2v) is 6.16. The molecule has 1 aromatic carbocycles. The summed E-state index contributed by atoms with van der Waals surface area (Å²) >= 11 is 0. The van der Waals surface area contributed by atoms with Crippen LogP contribution in [0.3, 0.4) is 0 Å². The molecule has 104 valence electrons. The number of hydrogen-bond donors (Lipinski definition) is 0. The van der Waals surface area contributed by atoms with E-state index in [4.69, 9.17) is 5.26 Å². The van der Waals surface area contributed by atoms with E-state index in [-0.39, 0.29) is 11.3 Å². The molecule has 1 aliphatic carbocycles. The molecular weight excluding hydrogens is 250 g/mol. The fraction of sp³-hybridized carbons (Fsp3) is 0.500. The number of nitrogens with zero attached hydrogens (tertiary/aromatic N) is 3. The Bertz CT molecular complexity index is 598. The molecule has 0 bridgehead atoms. The Kier molecular flexibility index (Phi) is 3.02. The average Bonchev–Trinajstić information content (AvgIpc) is 3.12. The number of amides is 1. The smallest absolute Gasteiger partial charge is 0.231 e. The summed E-state index contributed by atoms with van der Waals surface area (Å²) in [5.74, 6) is 0.159. The second kappa shape index (κ2) is 4.60. The van der Waals surface area contributed by atoms with Crippen molar-refractivity contribution in [1.29, 1.82) is 5.26 Å². The summed E-state index contributed by atoms with van der Waals surface area (Å²) in [5.41, 5.74) is 3.26. The summed E-state index contributed by atoms with van der Waals surface area (Å²) in [4.78, 5) is 15.6. The van der Waals surface area contributed by atoms with Gasteiger partial charge in [0.25, 0.3) is 0 Å². The number of likely N-dealkylation sites (N-methyl/N-ethyl adjacent to an activating group) is 1. The van der Waals surface area contributed by atoms with Crippen molar-refractivity contribution in [3.63, 3.8) is 0 Å². The summed E-state index contributed by atoms with van der Waals surface area (Å²) in [6.45, 7) is 1.66. The van der Waals surface area contributed by atoms with Crippen LogP contribution in [-0.2, 0) is 17.8 Å². The lowest BCUT2D eigenvalue weighted by atomic mass is 10.1. The van der Waals surface area contributed by atoms with Gasteiger partial charge in [-0.15, -0.1) is 0 Å². The minimum atomic E-state index is -0.0956. The number of rotatable bonds is 4. The molecule has 4 nitrogen and oxygen atoms in total. The normalized spacial score (nSPS) is 19.1. The predicted molar refractivity (Wildman–Crippen MR) is 77.2 cm³/mol. The summed E-state index contributed by atoms with van der Waals surface area (Å²) in [7, 11) is 3.88. The zero-order valence-corrected chi connectivity index (χ0v) is 12.0. The maximum Gasteiger partial charge on any atom is 0.231 e. The van der Waals surface area contributed by atoms with Crippen molar-refractivity contribution < 1.29 is 4.79 Å². The van der Waals surface area contributed by atoms with E-state index < -0.39 is 0 Å². The molecule has 0 N–H and O–H groups in total. The Morgan fingerprint density at radius 1 is 1.45 bits per heavy atom. The SMILES string of the molecule is CN(Cc1ccc2c(c1)CC(=O)N2C)CC1(C#N)CC1. The molecule has 1 heterocycles. The molecule has 1 aromatic rings. The fourth-order valence-electron chi connectivity index (χ4n) is 2.96. The molecule has 20 heavy (non-hydrogen) atoms. The number of benzene rings is 1. The first-order valence-electron chi connectivity index (χ1n) is 7.01. The Hall–Kier alpha value is -1.86. The Morgan fingerprint density at radius 2 is 2.20 bits per heavy atom. The number of anilines is 1. The second-order valence-electron chi connectivity index (χ2n) is 6.16. The quantitative estimate of drug-likeness (QED) is 0.839. The average molecular weight is 269 g/mol. The van der Waals surface area contributed by atoms with Crippen LogP contribution in [-0.4, -0.2) is 31.4 Å². The molecule has 0 aromatic heterocycles. The number of hydrogen-bond acceptors (Lipinski definition) is 3. The van der Waals surface area contributed by atoms with Gasteiger partial charge in [0.1, 0.15) is 0 Å². The topological polar surface area (TPSA) is 47.3 Å². The van der Waals surface area contributed by atoms with Crippen LogP contribution in [0.25, 0.3) is 0 Å². The molecule has 2 aliphatic rings. The van der Waals surface area contributed by atoms with Gasteiger partial charge in [-0.25, -0.2) is 0 Å². The molecule has 0 atom stereocenters. The first-order valence-corrected chi connectivity index (χ1v) is 7.01. The lowest BCUT2D eigenvalue weighted by molar-refractivity contribution is -0.117. The van der Waals surface area contributed by atoms with Crippen LogP contribution < -0.4 is 4.90 Å². The van der Waals surface area contributed by atoms with E-state index in [1.54, 1.807) is 4.90 Å². The van der Waals surface area contributed by atoms with Crippen LogP contribution in [0, 0.1) is 16.7 Å². The number of nitriles is 1. The van der Waals surface area contributed by atoms with Crippen LogP contribution in [0.2, 0.25) is 0 Å². The zero-order valence-electron chi connectivity index (χ0n) is 12.0. The molecule has 0 unspecified atom stereocenters. The van der Waals surface area contributed by atoms with E-state index in [0.29, 0.717) is 6.42 Å². The third-order valence-electron chi connectivity index (χ3n) is 4.34. The van der Waals surface area contributed by atoms with E-state index in [0.717, 1.165) is 37.2 Å². The maximum absolute atomic E-state index is 11.7. The molecule has 3 rings (SSSR count). The summed E-state index contributed by atoms with van der Waals surface area (Å²) in [5, 5.41) is 9.14. The largest absolute Gasteiger partial charge is 0.315 e. The van der Waals surface area contributed by atoms with Crippen molar-refractivity contribution >= 4 is 11.6 Å². The zero-order chi connectivity index (χ0) is 14.3. The molecule has 4 heteroatoms. The van der Waals surface area contributed by atoms with Gasteiger partial charge in [0.15, 0.2) is 0 Å². The van der Waals surface area contributed by atoms with Crippen molar-refractivity contribution in [2.45, 2.75) is 25.8 Å². The first kappa shape index (κ1) is 13.1. The maximum atomic E-state index is 11.7. The molecule has 0 saturated heterocycles. The van der Waals surface area contributed by atoms with Crippen LogP contribution >= 0.6 is 0 Å². The standard InChI is InChI=1S/C16H19N3O/c1-18(11-16(10-17)5-6-16)9-12-3-4-14-13(7-12)8-15(20)19(14)2/h3-4,7H,5-6,8-9,11H2,1-2H3. The lowest BCUT2D eigenvalue weighted by Gasteiger charge is -2.20. The van der Waals surface area contributed by atoms with Gasteiger partial charge in [-0.1, -0.05) is 12.1 Å². The van der Waals surface area contributed by atoms with E-state index in [1.807, 2.05) is 13.1 Å². The monoisotopic (exact) mass is 269 g/mol. The van der Waals surface area contributed by atoms with Gasteiger partial charge in [0, 0.05) is 25.8 Å². The van der Waals surface area contributed by atoms with Crippen molar-refractivity contribution in [3.8, 4) is 6.07 Å². The summed E-state index contributed by atoms with van der Waals surface area (Å²) in [6.07, 6.45) is 2.56. The van der Waals surface area contributed by atoms with Crippen LogP contribution in [0.5, 0.6) is 0 Å². The number of fused-ring (bicyclic) bond motifs is 1. The Morgan fingerprint density at radius 3 is 2.85 bits per heavy atom. The minimum absolute atomic E-state index is 0.0956. The van der Waals surface area contributed by atoms with Crippen molar-refractivity contribution in [2.75, 3.05) is 25.5 Å². The first-order chi connectivity index (χ1) is 9.53. The van der Waals surface area contributed by atoms with Gasteiger partial charge in [-0.05, 0) is 37.1 Å². The van der Waals surface area contributed by atoms with E-state index >= 15 is 0 Å². The molecule has 1 aliphatic heterocycles. The van der Waals surface area contributed by atoms with Gasteiger partial charge in [0.05, 0.1) is 17.9 Å². The highest BCUT2D eigenvalue weighted by molar-refractivity contribution is 6.00. The predicted octanol–water partition coefficient (Wildman–Crippen LogP) is 1.94. The van der Waals surface area contributed by atoms with Crippen LogP contribution in [0.4, 0.5) is 5.69 Å². The van der Waals surface area contributed by atoms with E-state index in [1.165, 1.54) is 5.56 Å². The van der Waals surface area contributed by atoms with Gasteiger partial charge in [-0.3, -0.25) is 4.79 Å². The van der Waals surface area contributed by atoms with Crippen molar-refractivity contribution in [1.82, 2.24) is 4.90 Å². The Balaban J connectivity index is 1.69. The van der Waals surface area contributed by atoms with Crippen molar-refractivity contribution in [3.05, 3.63) is 29.3 Å². The third kappa shape index (κ3) is 2.30. The summed E-state index contributed by atoms with van der Waals surface area (Å²) < 4.78 is 0. The minimum Gasteiger partial charge on any atom is -0.315 e. The van der Waals surface area contributed by atoms with E-state index in [2.05, 4.69) is 30.1 Å². The molecule has 1 amide bonds. The van der Waals surface area contributed by atoms with Gasteiger partial charge < -0.3 is 9.80 Å². The number of carbonyl (C=O) groups is 1. The Labute approximate surface area is 119 Å². The fourth-order valence-corrected chi connectivity index (χ4v) is 2.96. The highest BCUT2D eigenvalue weighted by Gasteiger charge is 2.43. The number of carbonyl (C=O) groups excluding carboxylic acids is 1. The van der Waals surface area contributed by atoms with Crippen LogP contribution in [0.15, 0.2) is 18.2 Å². The van der Waals surface area contributed by atoms with Crippen LogP contribution in [0.1, 0.15) is 24.0 Å². The molecule has 1 fully saturated rings. The summed E-state index contributed by atoms with van der Waals surface area (Å²) in [6, 6.07) is 8.66. The lowest BCUT2D eigenvalue weighted by Crippen LogP contribution is -2.25. The molecule has 0 radical (unpaired) electrons. The van der Waals surface area contributed by atoms with Gasteiger partial charge >= 0.3 is 0 Å². The van der Waals surface area contributed by atoms with E-state index in [9.17, 15) is 4.79 Å². The molecular formula is C16H19N3O. The van der Waals surface area contributed by atoms with Crippen molar-refractivity contribution in [2.24, 2.45) is 5.41 Å². The van der Waals surface area contributed by atoms with Gasteiger partial charge in [0.2, 0.25) is 5.91 Å². The highest BCUT2D eigenvalue weighted by Crippen LogP contribution is 2.45. The molecule has 0 spiro atoms. The van der Waals surface area contributed by atoms with Gasteiger partial charge in [-0.2, -0.15) is 5.26 Å². The molecule has 1 saturated carbocycles.